The Morgan fingerprint density at radius 1 is 1.20 bits per heavy atom. The molecule has 0 radical (unpaired) electrons. The summed E-state index contributed by atoms with van der Waals surface area (Å²) in [6, 6.07) is 11.6. The van der Waals surface area contributed by atoms with Crippen LogP contribution in [-0.4, -0.2) is 33.4 Å². The van der Waals surface area contributed by atoms with Gasteiger partial charge in [0.25, 0.3) is 0 Å². The van der Waals surface area contributed by atoms with Gasteiger partial charge in [0.05, 0.1) is 17.7 Å². The zero-order chi connectivity index (χ0) is 17.8. The Morgan fingerprint density at radius 2 is 1.96 bits per heavy atom. The Bertz CT molecular complexity index is 869. The number of thiophene rings is 1. The summed E-state index contributed by atoms with van der Waals surface area (Å²) in [5.41, 5.74) is 0.974. The van der Waals surface area contributed by atoms with Crippen LogP contribution in [0.2, 0.25) is 0 Å². The van der Waals surface area contributed by atoms with E-state index in [1.54, 1.807) is 7.11 Å². The Labute approximate surface area is 155 Å². The number of ketones is 1. The number of aromatic nitrogens is 3. The Morgan fingerprint density at radius 3 is 2.56 bits per heavy atom. The summed E-state index contributed by atoms with van der Waals surface area (Å²) in [5.74, 6) is 2.09. The number of ether oxygens (including phenoxy) is 1. The minimum absolute atomic E-state index is 0.125. The monoisotopic (exact) mass is 373 g/mol. The van der Waals surface area contributed by atoms with Crippen molar-refractivity contribution in [3.05, 3.63) is 46.2 Å². The van der Waals surface area contributed by atoms with Crippen molar-refractivity contribution in [3.63, 3.8) is 0 Å². The molecule has 0 aliphatic rings. The maximum absolute atomic E-state index is 12.3. The third kappa shape index (κ3) is 3.93. The molecule has 0 aliphatic carbocycles. The van der Waals surface area contributed by atoms with E-state index in [2.05, 4.69) is 10.2 Å². The molecule has 0 fully saturated rings. The van der Waals surface area contributed by atoms with Crippen LogP contribution in [0.25, 0.3) is 11.4 Å². The summed E-state index contributed by atoms with van der Waals surface area (Å²) in [7, 11) is 1.64. The fraction of sp³-hybridized carbons (Fsp3) is 0.278. The molecule has 0 N–H and O–H groups in total. The molecule has 25 heavy (non-hydrogen) atoms. The van der Waals surface area contributed by atoms with Crippen molar-refractivity contribution in [1.82, 2.24) is 14.8 Å². The average Bonchev–Trinajstić information content (AvgIpc) is 3.25. The van der Waals surface area contributed by atoms with E-state index in [9.17, 15) is 4.79 Å². The number of benzene rings is 1. The second-order valence-corrected chi connectivity index (χ2v) is 7.63. The minimum atomic E-state index is 0.125. The SMILES string of the molecule is CCn1c(SCC(=O)c2ccc(C)s2)nnc1-c1ccc(OC)cc1. The molecule has 0 aliphatic heterocycles. The highest BCUT2D eigenvalue weighted by atomic mass is 32.2. The molecule has 3 rings (SSSR count). The quantitative estimate of drug-likeness (QED) is 0.456. The molecule has 0 saturated heterocycles. The van der Waals surface area contributed by atoms with Crippen molar-refractivity contribution in [3.8, 4) is 17.1 Å². The standard InChI is InChI=1S/C18H19N3O2S2/c1-4-21-17(13-6-8-14(23-3)9-7-13)19-20-18(21)24-11-15(22)16-10-5-12(2)25-16/h5-10H,4,11H2,1-3H3. The van der Waals surface area contributed by atoms with Gasteiger partial charge in [-0.25, -0.2) is 0 Å². The van der Waals surface area contributed by atoms with E-state index in [1.807, 2.05) is 54.8 Å². The van der Waals surface area contributed by atoms with Crippen LogP contribution in [0.3, 0.4) is 0 Å². The normalized spacial score (nSPS) is 10.8. The number of hydrogen-bond donors (Lipinski definition) is 0. The topological polar surface area (TPSA) is 57.0 Å². The van der Waals surface area contributed by atoms with Gasteiger partial charge in [-0.3, -0.25) is 4.79 Å². The molecule has 2 aromatic heterocycles. The molecule has 0 atom stereocenters. The molecule has 130 valence electrons. The molecule has 3 aromatic rings. The van der Waals surface area contributed by atoms with Crippen LogP contribution >= 0.6 is 23.1 Å². The summed E-state index contributed by atoms with van der Waals surface area (Å²) in [6.07, 6.45) is 0. The van der Waals surface area contributed by atoms with Crippen molar-refractivity contribution in [1.29, 1.82) is 0 Å². The number of carbonyl (C=O) groups excluding carboxylic acids is 1. The van der Waals surface area contributed by atoms with Crippen molar-refractivity contribution in [2.45, 2.75) is 25.5 Å². The fourth-order valence-electron chi connectivity index (χ4n) is 2.42. The molecule has 5 nitrogen and oxygen atoms in total. The van der Waals surface area contributed by atoms with Gasteiger partial charge in [0.15, 0.2) is 16.8 Å². The highest BCUT2D eigenvalue weighted by molar-refractivity contribution is 7.99. The second-order valence-electron chi connectivity index (χ2n) is 5.40. The second kappa shape index (κ2) is 7.84. The van der Waals surface area contributed by atoms with Crippen LogP contribution in [0.15, 0.2) is 41.6 Å². The van der Waals surface area contributed by atoms with Gasteiger partial charge in [-0.15, -0.1) is 21.5 Å². The van der Waals surface area contributed by atoms with Gasteiger partial charge in [0.1, 0.15) is 5.75 Å². The van der Waals surface area contributed by atoms with Crippen molar-refractivity contribution in [2.75, 3.05) is 12.9 Å². The number of rotatable bonds is 7. The molecule has 0 amide bonds. The number of thioether (sulfide) groups is 1. The van der Waals surface area contributed by atoms with Gasteiger partial charge in [0.2, 0.25) is 0 Å². The maximum Gasteiger partial charge on any atom is 0.191 e. The van der Waals surface area contributed by atoms with E-state index in [0.717, 1.165) is 38.6 Å². The molecule has 0 unspecified atom stereocenters. The Balaban J connectivity index is 1.76. The first-order chi connectivity index (χ1) is 12.1. The highest BCUT2D eigenvalue weighted by Crippen LogP contribution is 2.26. The predicted octanol–water partition coefficient (Wildman–Crippen LogP) is 4.32. The van der Waals surface area contributed by atoms with Gasteiger partial charge in [-0.2, -0.15) is 0 Å². The molecular weight excluding hydrogens is 354 g/mol. The van der Waals surface area contributed by atoms with Gasteiger partial charge in [-0.05, 0) is 50.2 Å². The Hall–Kier alpha value is -2.12. The van der Waals surface area contributed by atoms with Crippen LogP contribution in [0.4, 0.5) is 0 Å². The van der Waals surface area contributed by atoms with Gasteiger partial charge < -0.3 is 9.30 Å². The molecule has 7 heteroatoms. The van der Waals surface area contributed by atoms with Crippen LogP contribution in [0, 0.1) is 6.92 Å². The third-order valence-electron chi connectivity index (χ3n) is 3.73. The lowest BCUT2D eigenvalue weighted by molar-refractivity contribution is 0.102. The van der Waals surface area contributed by atoms with Crippen molar-refractivity contribution in [2.24, 2.45) is 0 Å². The summed E-state index contributed by atoms with van der Waals surface area (Å²) in [4.78, 5) is 14.2. The first-order valence-electron chi connectivity index (χ1n) is 7.92. The average molecular weight is 374 g/mol. The van der Waals surface area contributed by atoms with Crippen molar-refractivity contribution >= 4 is 28.9 Å². The number of Topliss-reactive ketones (excluding diaryl/α,β-unsaturated/α-hetero) is 1. The number of aryl methyl sites for hydroxylation is 1. The predicted molar refractivity (Wildman–Crippen MR) is 102 cm³/mol. The van der Waals surface area contributed by atoms with E-state index in [4.69, 9.17) is 4.74 Å². The summed E-state index contributed by atoms with van der Waals surface area (Å²) in [5, 5.41) is 9.34. The van der Waals surface area contributed by atoms with Crippen molar-refractivity contribution < 1.29 is 9.53 Å². The molecule has 0 bridgehead atoms. The largest absolute Gasteiger partial charge is 0.497 e. The molecule has 0 saturated carbocycles. The van der Waals surface area contributed by atoms with Crippen LogP contribution < -0.4 is 4.74 Å². The number of nitrogens with zero attached hydrogens (tertiary/aromatic N) is 3. The number of carbonyl (C=O) groups is 1. The van der Waals surface area contributed by atoms with E-state index < -0.39 is 0 Å². The van der Waals surface area contributed by atoms with Gasteiger partial charge >= 0.3 is 0 Å². The molecule has 0 spiro atoms. The zero-order valence-corrected chi connectivity index (χ0v) is 16.0. The number of hydrogen-bond acceptors (Lipinski definition) is 6. The smallest absolute Gasteiger partial charge is 0.191 e. The van der Waals surface area contributed by atoms with Gasteiger partial charge in [0, 0.05) is 17.0 Å². The lowest BCUT2D eigenvalue weighted by Gasteiger charge is -2.07. The molecular formula is C18H19N3O2S2. The first kappa shape index (κ1) is 17.7. The lowest BCUT2D eigenvalue weighted by atomic mass is 10.2. The van der Waals surface area contributed by atoms with Gasteiger partial charge in [-0.1, -0.05) is 11.8 Å². The van der Waals surface area contributed by atoms with E-state index >= 15 is 0 Å². The highest BCUT2D eigenvalue weighted by Gasteiger charge is 2.16. The molecule has 1 aromatic carbocycles. The van der Waals surface area contributed by atoms with E-state index in [0.29, 0.717) is 5.75 Å². The van der Waals surface area contributed by atoms with Crippen LogP contribution in [-0.2, 0) is 6.54 Å². The lowest BCUT2D eigenvalue weighted by Crippen LogP contribution is -2.04. The summed E-state index contributed by atoms with van der Waals surface area (Å²) >= 11 is 2.96. The minimum Gasteiger partial charge on any atom is -0.497 e. The number of methoxy groups -OCH3 is 1. The maximum atomic E-state index is 12.3. The third-order valence-corrected chi connectivity index (χ3v) is 5.74. The Kier molecular flexibility index (Phi) is 5.55. The van der Waals surface area contributed by atoms with Crippen LogP contribution in [0.1, 0.15) is 21.5 Å². The fourth-order valence-corrected chi connectivity index (χ4v) is 4.20. The summed E-state index contributed by atoms with van der Waals surface area (Å²) < 4.78 is 7.22. The first-order valence-corrected chi connectivity index (χ1v) is 9.72. The van der Waals surface area contributed by atoms with Crippen LogP contribution in [0.5, 0.6) is 5.75 Å². The zero-order valence-electron chi connectivity index (χ0n) is 14.4. The molecule has 2 heterocycles. The van der Waals surface area contributed by atoms with E-state index in [-0.39, 0.29) is 5.78 Å². The summed E-state index contributed by atoms with van der Waals surface area (Å²) in [6.45, 7) is 4.79. The van der Waals surface area contributed by atoms with E-state index in [1.165, 1.54) is 23.1 Å².